The number of hydrogen-bond donors (Lipinski definition) is 1. The highest BCUT2D eigenvalue weighted by atomic mass is 16.5. The fourth-order valence-electron chi connectivity index (χ4n) is 5.54. The molecular formula is C24H33N3O3. The van der Waals surface area contributed by atoms with Gasteiger partial charge in [-0.15, -0.1) is 0 Å². The van der Waals surface area contributed by atoms with Gasteiger partial charge in [-0.1, -0.05) is 0 Å². The van der Waals surface area contributed by atoms with Gasteiger partial charge in [0.1, 0.15) is 0 Å². The van der Waals surface area contributed by atoms with E-state index in [-0.39, 0.29) is 11.9 Å². The molecule has 0 bridgehead atoms. The third-order valence-electron chi connectivity index (χ3n) is 7.10. The van der Waals surface area contributed by atoms with Crippen molar-refractivity contribution in [2.75, 3.05) is 42.8 Å². The van der Waals surface area contributed by atoms with Crippen molar-refractivity contribution in [2.24, 2.45) is 0 Å². The van der Waals surface area contributed by atoms with Crippen LogP contribution in [-0.4, -0.2) is 57.0 Å². The van der Waals surface area contributed by atoms with Crippen molar-refractivity contribution in [3.8, 4) is 0 Å². The topological polar surface area (TPSA) is 54.0 Å². The van der Waals surface area contributed by atoms with Gasteiger partial charge in [0.2, 0.25) is 0 Å². The summed E-state index contributed by atoms with van der Waals surface area (Å²) in [5.41, 5.74) is 5.07. The van der Waals surface area contributed by atoms with Gasteiger partial charge < -0.3 is 24.6 Å². The minimum atomic E-state index is 0.115. The second kappa shape index (κ2) is 8.23. The molecule has 5 rings (SSSR count). The molecule has 6 nitrogen and oxygen atoms in total. The van der Waals surface area contributed by atoms with E-state index in [1.54, 1.807) is 0 Å². The fourth-order valence-corrected chi connectivity index (χ4v) is 5.54. The summed E-state index contributed by atoms with van der Waals surface area (Å²) in [4.78, 5) is 18.3. The van der Waals surface area contributed by atoms with Crippen LogP contribution in [-0.2, 0) is 14.3 Å². The Hall–Kier alpha value is -2.05. The normalized spacial score (nSPS) is 30.4. The first-order valence-electron chi connectivity index (χ1n) is 11.5. The van der Waals surface area contributed by atoms with Crippen LogP contribution in [0.4, 0.5) is 11.4 Å². The van der Waals surface area contributed by atoms with E-state index >= 15 is 0 Å². The lowest BCUT2D eigenvalue weighted by Crippen LogP contribution is -2.41. The van der Waals surface area contributed by atoms with Crippen LogP contribution in [0.3, 0.4) is 0 Å². The van der Waals surface area contributed by atoms with Crippen molar-refractivity contribution < 1.29 is 14.3 Å². The Kier molecular flexibility index (Phi) is 5.46. The fraction of sp³-hybridized carbons (Fsp3) is 0.625. The van der Waals surface area contributed by atoms with Crippen molar-refractivity contribution in [1.29, 1.82) is 0 Å². The zero-order valence-corrected chi connectivity index (χ0v) is 18.2. The van der Waals surface area contributed by atoms with Crippen molar-refractivity contribution in [3.63, 3.8) is 0 Å². The summed E-state index contributed by atoms with van der Waals surface area (Å²) >= 11 is 0. The Morgan fingerprint density at radius 2 is 1.77 bits per heavy atom. The van der Waals surface area contributed by atoms with E-state index in [1.165, 1.54) is 18.5 Å². The largest absolute Gasteiger partial charge is 0.386 e. The summed E-state index contributed by atoms with van der Waals surface area (Å²) in [6, 6.07) is 7.88. The Morgan fingerprint density at radius 1 is 1.00 bits per heavy atom. The van der Waals surface area contributed by atoms with Gasteiger partial charge in [-0.05, 0) is 64.2 Å². The van der Waals surface area contributed by atoms with Crippen molar-refractivity contribution in [1.82, 2.24) is 5.32 Å². The molecule has 3 saturated heterocycles. The quantitative estimate of drug-likeness (QED) is 0.757. The summed E-state index contributed by atoms with van der Waals surface area (Å²) in [6.07, 6.45) is 5.17. The van der Waals surface area contributed by atoms with E-state index in [2.05, 4.69) is 42.3 Å². The number of carbonyl (C=O) groups excluding carboxylic acids is 1. The van der Waals surface area contributed by atoms with Gasteiger partial charge in [-0.2, -0.15) is 0 Å². The number of anilines is 2. The van der Waals surface area contributed by atoms with Crippen LogP contribution >= 0.6 is 0 Å². The molecule has 4 heterocycles. The summed E-state index contributed by atoms with van der Waals surface area (Å²) in [7, 11) is 0. The molecule has 1 N–H and O–H groups in total. The molecule has 1 aromatic carbocycles. The lowest BCUT2D eigenvalue weighted by molar-refractivity contribution is -0.113. The van der Waals surface area contributed by atoms with Gasteiger partial charge >= 0.3 is 0 Å². The van der Waals surface area contributed by atoms with Crippen LogP contribution in [0, 0.1) is 0 Å². The summed E-state index contributed by atoms with van der Waals surface area (Å²) < 4.78 is 11.4. The Bertz CT molecular complexity index is 826. The van der Waals surface area contributed by atoms with E-state index in [0.29, 0.717) is 18.7 Å². The Balaban J connectivity index is 1.60. The van der Waals surface area contributed by atoms with E-state index in [9.17, 15) is 4.79 Å². The number of nitrogens with zero attached hydrogens (tertiary/aromatic N) is 2. The minimum absolute atomic E-state index is 0.115. The summed E-state index contributed by atoms with van der Waals surface area (Å²) in [6.45, 7) is 8.10. The van der Waals surface area contributed by atoms with Crippen LogP contribution in [0.2, 0.25) is 0 Å². The van der Waals surface area contributed by atoms with Crippen LogP contribution in [0.25, 0.3) is 5.57 Å². The molecular weight excluding hydrogens is 378 g/mol. The van der Waals surface area contributed by atoms with E-state index in [4.69, 9.17) is 9.47 Å². The van der Waals surface area contributed by atoms with Gasteiger partial charge in [0.05, 0.1) is 23.6 Å². The van der Waals surface area contributed by atoms with Crippen molar-refractivity contribution in [2.45, 2.75) is 64.1 Å². The molecule has 2 unspecified atom stereocenters. The molecule has 162 valence electrons. The standard InChI is InChI=1S/C24H33N3O3/c1-16-4-5-17(2)26(16)19-6-7-22-20(14-19)23(21-15-30-11-3-10-25-21)24(28)27(22)18-8-12-29-13-9-18/h6-7,14,16-18,25H,3-5,8-13,15H2,1-2H3/b23-21-. The predicted molar refractivity (Wildman–Crippen MR) is 119 cm³/mol. The maximum absolute atomic E-state index is 13.8. The Labute approximate surface area is 179 Å². The highest BCUT2D eigenvalue weighted by molar-refractivity contribution is 6.33. The maximum atomic E-state index is 13.8. The molecule has 1 amide bonds. The van der Waals surface area contributed by atoms with Crippen LogP contribution in [0.1, 0.15) is 51.5 Å². The number of amides is 1. The third-order valence-corrected chi connectivity index (χ3v) is 7.10. The van der Waals surface area contributed by atoms with Gasteiger partial charge in [-0.3, -0.25) is 4.79 Å². The summed E-state index contributed by atoms with van der Waals surface area (Å²) in [5, 5.41) is 3.49. The van der Waals surface area contributed by atoms with Crippen LogP contribution < -0.4 is 15.1 Å². The highest BCUT2D eigenvalue weighted by Crippen LogP contribution is 2.44. The first-order valence-corrected chi connectivity index (χ1v) is 11.5. The second-order valence-corrected chi connectivity index (χ2v) is 9.09. The molecule has 0 spiro atoms. The average molecular weight is 412 g/mol. The van der Waals surface area contributed by atoms with Crippen molar-refractivity contribution >= 4 is 22.9 Å². The number of fused-ring (bicyclic) bond motifs is 1. The molecule has 0 aromatic heterocycles. The van der Waals surface area contributed by atoms with E-state index < -0.39 is 0 Å². The number of nitrogens with one attached hydrogen (secondary N) is 1. The second-order valence-electron chi connectivity index (χ2n) is 9.09. The Morgan fingerprint density at radius 3 is 2.53 bits per heavy atom. The maximum Gasteiger partial charge on any atom is 0.261 e. The molecule has 30 heavy (non-hydrogen) atoms. The van der Waals surface area contributed by atoms with E-state index in [0.717, 1.165) is 68.1 Å². The van der Waals surface area contributed by atoms with E-state index in [1.807, 2.05) is 4.90 Å². The smallest absolute Gasteiger partial charge is 0.261 e. The number of hydrogen-bond acceptors (Lipinski definition) is 5. The molecule has 6 heteroatoms. The molecule has 4 aliphatic heterocycles. The molecule has 4 aliphatic rings. The molecule has 0 saturated carbocycles. The van der Waals surface area contributed by atoms with Crippen LogP contribution in [0.5, 0.6) is 0 Å². The number of rotatable bonds is 2. The van der Waals surface area contributed by atoms with Crippen molar-refractivity contribution in [3.05, 3.63) is 29.5 Å². The molecule has 0 radical (unpaired) electrons. The monoisotopic (exact) mass is 411 g/mol. The van der Waals surface area contributed by atoms with Gasteiger partial charge in [-0.25, -0.2) is 0 Å². The predicted octanol–water partition coefficient (Wildman–Crippen LogP) is 3.31. The lowest BCUT2D eigenvalue weighted by Gasteiger charge is -2.32. The highest BCUT2D eigenvalue weighted by Gasteiger charge is 2.40. The van der Waals surface area contributed by atoms with Gasteiger partial charge in [0.15, 0.2) is 0 Å². The zero-order chi connectivity index (χ0) is 20.7. The lowest BCUT2D eigenvalue weighted by atomic mass is 10.0. The molecule has 0 aliphatic carbocycles. The first kappa shape index (κ1) is 19.9. The minimum Gasteiger partial charge on any atom is -0.386 e. The van der Waals surface area contributed by atoms with Gasteiger partial charge in [0.25, 0.3) is 5.91 Å². The van der Waals surface area contributed by atoms with Crippen LogP contribution in [0.15, 0.2) is 23.9 Å². The molecule has 1 aromatic rings. The SMILES string of the molecule is CC1CCC(C)N1c1ccc2c(c1)/C(=C1\COCCCN1)C(=O)N2C1CCOCC1. The first-order chi connectivity index (χ1) is 14.6. The van der Waals surface area contributed by atoms with Gasteiger partial charge in [0, 0.05) is 55.7 Å². The summed E-state index contributed by atoms with van der Waals surface area (Å²) in [5.74, 6) is 0.115. The number of ether oxygens (including phenoxy) is 2. The molecule has 3 fully saturated rings. The third kappa shape index (κ3) is 3.40. The average Bonchev–Trinajstić information content (AvgIpc) is 3.09. The number of carbonyl (C=O) groups is 1. The number of benzene rings is 1. The molecule has 2 atom stereocenters. The zero-order valence-electron chi connectivity index (χ0n) is 18.2.